The summed E-state index contributed by atoms with van der Waals surface area (Å²) in [4.78, 5) is 2.16. The predicted molar refractivity (Wildman–Crippen MR) is 61.1 cm³/mol. The second-order valence-corrected chi connectivity index (χ2v) is 3.93. The van der Waals surface area contributed by atoms with Gasteiger partial charge in [0.2, 0.25) is 0 Å². The molecule has 0 saturated heterocycles. The summed E-state index contributed by atoms with van der Waals surface area (Å²) in [7, 11) is 2.03. The summed E-state index contributed by atoms with van der Waals surface area (Å²) in [6.45, 7) is 4.97. The SMILES string of the molecule is CCN(C)C(c1ccc(F)cc1)C(C)N. The van der Waals surface area contributed by atoms with E-state index in [2.05, 4.69) is 11.8 Å². The van der Waals surface area contributed by atoms with Crippen LogP contribution in [0.1, 0.15) is 25.5 Å². The molecule has 1 rings (SSSR count). The fourth-order valence-electron chi connectivity index (χ4n) is 1.82. The first-order chi connectivity index (χ1) is 7.06. The van der Waals surface area contributed by atoms with E-state index in [1.165, 1.54) is 12.1 Å². The van der Waals surface area contributed by atoms with E-state index in [1.807, 2.05) is 14.0 Å². The lowest BCUT2D eigenvalue weighted by Gasteiger charge is -2.30. The summed E-state index contributed by atoms with van der Waals surface area (Å²) in [6.07, 6.45) is 0. The third kappa shape index (κ3) is 3.01. The number of nitrogens with two attached hydrogens (primary N) is 1. The van der Waals surface area contributed by atoms with Crippen LogP contribution in [0.2, 0.25) is 0 Å². The quantitative estimate of drug-likeness (QED) is 0.825. The Labute approximate surface area is 90.9 Å². The maximum absolute atomic E-state index is 12.8. The number of benzene rings is 1. The summed E-state index contributed by atoms with van der Waals surface area (Å²) < 4.78 is 12.8. The minimum Gasteiger partial charge on any atom is -0.326 e. The van der Waals surface area contributed by atoms with Gasteiger partial charge in [-0.05, 0) is 38.2 Å². The van der Waals surface area contributed by atoms with Crippen LogP contribution in [-0.4, -0.2) is 24.5 Å². The standard InChI is InChI=1S/C12H19FN2/c1-4-15(3)12(9(2)14)10-5-7-11(13)8-6-10/h5-9,12H,4,14H2,1-3H3. The molecule has 84 valence electrons. The van der Waals surface area contributed by atoms with Gasteiger partial charge in [0.05, 0.1) is 0 Å². The van der Waals surface area contributed by atoms with Crippen LogP contribution in [0.15, 0.2) is 24.3 Å². The Morgan fingerprint density at radius 1 is 1.33 bits per heavy atom. The van der Waals surface area contributed by atoms with Crippen molar-refractivity contribution in [2.75, 3.05) is 13.6 Å². The van der Waals surface area contributed by atoms with Gasteiger partial charge in [-0.3, -0.25) is 4.90 Å². The van der Waals surface area contributed by atoms with E-state index in [0.29, 0.717) is 0 Å². The molecule has 0 amide bonds. The summed E-state index contributed by atoms with van der Waals surface area (Å²) in [6, 6.07) is 6.74. The zero-order valence-electron chi connectivity index (χ0n) is 9.57. The molecule has 0 heterocycles. The van der Waals surface area contributed by atoms with Crippen molar-refractivity contribution in [2.24, 2.45) is 5.73 Å². The first kappa shape index (κ1) is 12.1. The first-order valence-corrected chi connectivity index (χ1v) is 5.27. The van der Waals surface area contributed by atoms with E-state index in [4.69, 9.17) is 5.73 Å². The fourth-order valence-corrected chi connectivity index (χ4v) is 1.82. The van der Waals surface area contributed by atoms with Gasteiger partial charge in [-0.25, -0.2) is 4.39 Å². The molecule has 2 N–H and O–H groups in total. The summed E-state index contributed by atoms with van der Waals surface area (Å²) in [5.41, 5.74) is 7.01. The zero-order chi connectivity index (χ0) is 11.4. The minimum absolute atomic E-state index is 0.0282. The Hall–Kier alpha value is -0.930. The number of hydrogen-bond acceptors (Lipinski definition) is 2. The molecule has 15 heavy (non-hydrogen) atoms. The molecule has 2 atom stereocenters. The minimum atomic E-state index is -0.207. The van der Waals surface area contributed by atoms with Crippen LogP contribution in [-0.2, 0) is 0 Å². The van der Waals surface area contributed by atoms with Gasteiger partial charge in [-0.1, -0.05) is 19.1 Å². The molecule has 0 aliphatic carbocycles. The molecule has 1 aromatic carbocycles. The monoisotopic (exact) mass is 210 g/mol. The Morgan fingerprint density at radius 2 is 1.87 bits per heavy atom. The predicted octanol–water partition coefficient (Wildman–Crippen LogP) is 2.17. The van der Waals surface area contributed by atoms with Gasteiger partial charge in [0.25, 0.3) is 0 Å². The van der Waals surface area contributed by atoms with Gasteiger partial charge >= 0.3 is 0 Å². The van der Waals surface area contributed by atoms with Crippen LogP contribution in [0, 0.1) is 5.82 Å². The third-order valence-corrected chi connectivity index (χ3v) is 2.68. The highest BCUT2D eigenvalue weighted by atomic mass is 19.1. The largest absolute Gasteiger partial charge is 0.326 e. The van der Waals surface area contributed by atoms with Crippen LogP contribution < -0.4 is 5.73 Å². The smallest absolute Gasteiger partial charge is 0.123 e. The van der Waals surface area contributed by atoms with Crippen molar-refractivity contribution in [3.63, 3.8) is 0 Å². The molecule has 0 radical (unpaired) electrons. The maximum atomic E-state index is 12.8. The number of likely N-dealkylation sites (N-methyl/N-ethyl adjacent to an activating group) is 1. The van der Waals surface area contributed by atoms with E-state index in [0.717, 1.165) is 12.1 Å². The van der Waals surface area contributed by atoms with Crippen molar-refractivity contribution in [2.45, 2.75) is 25.9 Å². The van der Waals surface area contributed by atoms with E-state index in [-0.39, 0.29) is 17.9 Å². The van der Waals surface area contributed by atoms with E-state index in [1.54, 1.807) is 12.1 Å². The zero-order valence-corrected chi connectivity index (χ0v) is 9.57. The van der Waals surface area contributed by atoms with Crippen LogP contribution >= 0.6 is 0 Å². The van der Waals surface area contributed by atoms with Crippen molar-refractivity contribution in [1.29, 1.82) is 0 Å². The number of rotatable bonds is 4. The molecule has 0 fully saturated rings. The second-order valence-electron chi connectivity index (χ2n) is 3.93. The van der Waals surface area contributed by atoms with Gasteiger partial charge in [0.1, 0.15) is 5.82 Å². The van der Waals surface area contributed by atoms with Gasteiger partial charge in [0, 0.05) is 12.1 Å². The van der Waals surface area contributed by atoms with Crippen LogP contribution in [0.5, 0.6) is 0 Å². The molecule has 0 aliphatic heterocycles. The lowest BCUT2D eigenvalue weighted by molar-refractivity contribution is 0.230. The molecule has 1 aromatic rings. The highest BCUT2D eigenvalue weighted by Crippen LogP contribution is 2.22. The van der Waals surface area contributed by atoms with E-state index >= 15 is 0 Å². The van der Waals surface area contributed by atoms with Crippen molar-refractivity contribution in [3.8, 4) is 0 Å². The molecule has 2 nitrogen and oxygen atoms in total. The van der Waals surface area contributed by atoms with Crippen molar-refractivity contribution in [1.82, 2.24) is 4.90 Å². The lowest BCUT2D eigenvalue weighted by Crippen LogP contribution is -2.37. The Kier molecular flexibility index (Phi) is 4.24. The van der Waals surface area contributed by atoms with Gasteiger partial charge in [-0.15, -0.1) is 0 Å². The highest BCUT2D eigenvalue weighted by molar-refractivity contribution is 5.21. The molecule has 0 aliphatic rings. The van der Waals surface area contributed by atoms with Crippen LogP contribution in [0.3, 0.4) is 0 Å². The maximum Gasteiger partial charge on any atom is 0.123 e. The third-order valence-electron chi connectivity index (χ3n) is 2.68. The highest BCUT2D eigenvalue weighted by Gasteiger charge is 2.19. The summed E-state index contributed by atoms with van der Waals surface area (Å²) in [5.74, 6) is -0.207. The summed E-state index contributed by atoms with van der Waals surface area (Å²) >= 11 is 0. The van der Waals surface area contributed by atoms with Crippen molar-refractivity contribution < 1.29 is 4.39 Å². The van der Waals surface area contributed by atoms with E-state index in [9.17, 15) is 4.39 Å². The normalized spacial score (nSPS) is 15.3. The average Bonchev–Trinajstić information content (AvgIpc) is 2.20. The molecule has 0 bridgehead atoms. The molecule has 0 saturated carbocycles. The summed E-state index contributed by atoms with van der Waals surface area (Å²) in [5, 5.41) is 0. The topological polar surface area (TPSA) is 29.3 Å². The second kappa shape index (κ2) is 5.24. The number of hydrogen-bond donors (Lipinski definition) is 1. The van der Waals surface area contributed by atoms with Gasteiger partial charge in [0.15, 0.2) is 0 Å². The number of halogens is 1. The molecule has 0 aromatic heterocycles. The number of nitrogens with zero attached hydrogens (tertiary/aromatic N) is 1. The van der Waals surface area contributed by atoms with Gasteiger partial charge < -0.3 is 5.73 Å². The Bertz CT molecular complexity index is 295. The lowest BCUT2D eigenvalue weighted by atomic mass is 10.00. The average molecular weight is 210 g/mol. The van der Waals surface area contributed by atoms with Crippen molar-refractivity contribution in [3.05, 3.63) is 35.6 Å². The van der Waals surface area contributed by atoms with Crippen molar-refractivity contribution >= 4 is 0 Å². The Balaban J connectivity index is 2.94. The van der Waals surface area contributed by atoms with E-state index < -0.39 is 0 Å². The van der Waals surface area contributed by atoms with Crippen LogP contribution in [0.25, 0.3) is 0 Å². The molecule has 2 unspecified atom stereocenters. The van der Waals surface area contributed by atoms with Gasteiger partial charge in [-0.2, -0.15) is 0 Å². The molecular weight excluding hydrogens is 191 g/mol. The first-order valence-electron chi connectivity index (χ1n) is 5.27. The van der Waals surface area contributed by atoms with Crippen LogP contribution in [0.4, 0.5) is 4.39 Å². The molecular formula is C12H19FN2. The molecule has 3 heteroatoms. The Morgan fingerprint density at radius 3 is 2.27 bits per heavy atom. The fraction of sp³-hybridized carbons (Fsp3) is 0.500. The molecule has 0 spiro atoms.